The molecule has 1 heterocycles. The van der Waals surface area contributed by atoms with Crippen LogP contribution in [0, 0.1) is 0 Å². The number of sulfonamides is 1. The molecule has 6 nitrogen and oxygen atoms in total. The van der Waals surface area contributed by atoms with E-state index in [1.807, 2.05) is 24.3 Å². The van der Waals surface area contributed by atoms with Crippen LogP contribution in [-0.2, 0) is 16.6 Å². The first kappa shape index (κ1) is 28.4. The number of amides is 1. The van der Waals surface area contributed by atoms with Crippen LogP contribution in [0.3, 0.4) is 0 Å². The van der Waals surface area contributed by atoms with Crippen LogP contribution in [0.2, 0.25) is 0 Å². The van der Waals surface area contributed by atoms with Gasteiger partial charge in [-0.25, -0.2) is 18.1 Å². The number of rotatable bonds is 7. The van der Waals surface area contributed by atoms with E-state index in [2.05, 4.69) is 59.5 Å². The maximum atomic E-state index is 13.1. The van der Waals surface area contributed by atoms with Crippen molar-refractivity contribution in [2.24, 2.45) is 0 Å². The van der Waals surface area contributed by atoms with Crippen LogP contribution in [0.4, 0.5) is 0 Å². The van der Waals surface area contributed by atoms with Crippen LogP contribution in [0.15, 0.2) is 108 Å². The molecule has 8 heteroatoms. The maximum absolute atomic E-state index is 13.1. The number of hydrogen-bond donors (Lipinski definition) is 1. The second-order valence-corrected chi connectivity index (χ2v) is 10.9. The van der Waals surface area contributed by atoms with Crippen LogP contribution in [0.1, 0.15) is 41.5 Å². The van der Waals surface area contributed by atoms with Gasteiger partial charge in [0, 0.05) is 12.5 Å². The molecule has 0 unspecified atom stereocenters. The summed E-state index contributed by atoms with van der Waals surface area (Å²) in [7, 11) is -4.01. The van der Waals surface area contributed by atoms with E-state index >= 15 is 0 Å². The Balaban J connectivity index is 0.00000336. The van der Waals surface area contributed by atoms with Crippen LogP contribution < -0.4 is 4.72 Å². The van der Waals surface area contributed by atoms with Crippen molar-refractivity contribution in [1.82, 2.24) is 14.3 Å². The molecule has 38 heavy (non-hydrogen) atoms. The molecule has 0 aliphatic heterocycles. The molecule has 0 bridgehead atoms. The summed E-state index contributed by atoms with van der Waals surface area (Å²) in [5.74, 6) is 0.217. The summed E-state index contributed by atoms with van der Waals surface area (Å²) in [6, 6.07) is 31.7. The summed E-state index contributed by atoms with van der Waals surface area (Å²) in [5, 5.41) is 0. The van der Waals surface area contributed by atoms with Crippen molar-refractivity contribution in [3.63, 3.8) is 0 Å². The Morgan fingerprint density at radius 3 is 2.05 bits per heavy atom. The van der Waals surface area contributed by atoms with Gasteiger partial charge in [-0.2, -0.15) is 0 Å². The number of carbonyl (C=O) groups excluding carboxylic acids is 1. The second-order valence-electron chi connectivity index (χ2n) is 9.19. The fourth-order valence-corrected chi connectivity index (χ4v) is 5.39. The van der Waals surface area contributed by atoms with Crippen molar-refractivity contribution < 1.29 is 13.2 Å². The normalized spacial score (nSPS) is 11.3. The Labute approximate surface area is 265 Å². The van der Waals surface area contributed by atoms with Crippen LogP contribution >= 0.6 is 0 Å². The van der Waals surface area contributed by atoms with Crippen LogP contribution in [0.5, 0.6) is 0 Å². The third kappa shape index (κ3) is 6.01. The van der Waals surface area contributed by atoms with Crippen molar-refractivity contribution >= 4 is 78.3 Å². The number of benzene rings is 4. The van der Waals surface area contributed by atoms with Crippen LogP contribution in [0.25, 0.3) is 22.2 Å². The standard InChI is InChI=1S/C30H27N3O3S.K.H/c1-21(2)29-31-28-26(30(34)32-37(35,36)25-12-7-4-8-13-25)14-9-15-27(28)33(29)20-22-16-18-24(19-17-22)23-10-5-3-6-11-23;;/h3-19,21H,20H2,1-2H3,(H,32,34);;. The minimum absolute atomic E-state index is 0. The molecule has 1 N–H and O–H groups in total. The third-order valence-electron chi connectivity index (χ3n) is 6.25. The summed E-state index contributed by atoms with van der Waals surface area (Å²) in [6.45, 7) is 4.68. The minimum atomic E-state index is -4.01. The average Bonchev–Trinajstić information content (AvgIpc) is 3.28. The van der Waals surface area contributed by atoms with E-state index in [4.69, 9.17) is 4.98 Å². The van der Waals surface area contributed by atoms with Gasteiger partial charge in [-0.15, -0.1) is 0 Å². The molecular weight excluding hydrogens is 522 g/mol. The zero-order valence-corrected chi connectivity index (χ0v) is 21.4. The van der Waals surface area contributed by atoms with Gasteiger partial charge in [-0.05, 0) is 41.0 Å². The molecule has 0 radical (unpaired) electrons. The Kier molecular flexibility index (Phi) is 9.02. The van der Waals surface area contributed by atoms with Gasteiger partial charge >= 0.3 is 51.4 Å². The Bertz CT molecular complexity index is 1670. The van der Waals surface area contributed by atoms with E-state index in [-0.39, 0.29) is 67.8 Å². The fourth-order valence-electron chi connectivity index (χ4n) is 4.41. The quantitative estimate of drug-likeness (QED) is 0.278. The number of para-hydroxylation sites is 1. The molecule has 5 rings (SSSR count). The van der Waals surface area contributed by atoms with E-state index < -0.39 is 15.9 Å². The number of hydrogen-bond acceptors (Lipinski definition) is 4. The molecule has 0 aliphatic carbocycles. The third-order valence-corrected chi connectivity index (χ3v) is 7.60. The molecule has 0 saturated heterocycles. The van der Waals surface area contributed by atoms with Crippen molar-refractivity contribution in [2.45, 2.75) is 31.2 Å². The topological polar surface area (TPSA) is 81.1 Å². The average molecular weight is 550 g/mol. The molecule has 0 saturated carbocycles. The number of aromatic nitrogens is 2. The van der Waals surface area contributed by atoms with Crippen molar-refractivity contribution in [2.75, 3.05) is 0 Å². The summed E-state index contributed by atoms with van der Waals surface area (Å²) >= 11 is 0. The summed E-state index contributed by atoms with van der Waals surface area (Å²) in [6.07, 6.45) is 0. The number of imidazole rings is 1. The molecule has 1 aromatic heterocycles. The molecule has 4 aromatic carbocycles. The Morgan fingerprint density at radius 1 is 0.816 bits per heavy atom. The second kappa shape index (κ2) is 12.1. The predicted octanol–water partition coefficient (Wildman–Crippen LogP) is 5.35. The molecular formula is C30H28KN3O3S. The molecule has 5 aromatic rings. The summed E-state index contributed by atoms with van der Waals surface area (Å²) in [5.41, 5.74) is 4.88. The van der Waals surface area contributed by atoms with Crippen molar-refractivity contribution in [1.29, 1.82) is 0 Å². The van der Waals surface area contributed by atoms with Gasteiger partial charge in [0.15, 0.2) is 0 Å². The zero-order chi connectivity index (χ0) is 26.0. The molecule has 0 fully saturated rings. The van der Waals surface area contributed by atoms with E-state index in [1.165, 1.54) is 12.1 Å². The number of nitrogens with one attached hydrogen (secondary N) is 1. The first-order valence-corrected chi connectivity index (χ1v) is 13.6. The molecule has 0 atom stereocenters. The van der Waals surface area contributed by atoms with E-state index in [9.17, 15) is 13.2 Å². The Morgan fingerprint density at radius 2 is 1.42 bits per heavy atom. The van der Waals surface area contributed by atoms with E-state index in [0.717, 1.165) is 28.0 Å². The van der Waals surface area contributed by atoms with Gasteiger partial charge in [0.1, 0.15) is 11.3 Å². The molecule has 188 valence electrons. The molecule has 0 spiro atoms. The van der Waals surface area contributed by atoms with Crippen molar-refractivity contribution in [3.8, 4) is 11.1 Å². The first-order chi connectivity index (χ1) is 17.8. The zero-order valence-electron chi connectivity index (χ0n) is 20.6. The fraction of sp³-hybridized carbons (Fsp3) is 0.133. The summed E-state index contributed by atoms with van der Waals surface area (Å²) in [4.78, 5) is 18.0. The Hall–Kier alpha value is -2.59. The van der Waals surface area contributed by atoms with E-state index in [1.54, 1.807) is 30.3 Å². The molecule has 1 amide bonds. The van der Waals surface area contributed by atoms with Gasteiger partial charge < -0.3 is 4.57 Å². The molecule has 0 aliphatic rings. The SMILES string of the molecule is CC(C)c1nc2c(C(=O)NS(=O)(=O)c3ccccc3)cccc2n1Cc1ccc(-c2ccccc2)cc1.[KH]. The monoisotopic (exact) mass is 549 g/mol. The van der Waals surface area contributed by atoms with Gasteiger partial charge in [-0.3, -0.25) is 4.79 Å². The van der Waals surface area contributed by atoms with Gasteiger partial charge in [0.25, 0.3) is 15.9 Å². The number of nitrogens with zero attached hydrogens (tertiary/aromatic N) is 2. The first-order valence-electron chi connectivity index (χ1n) is 12.1. The van der Waals surface area contributed by atoms with Crippen LogP contribution in [-0.4, -0.2) is 75.3 Å². The predicted molar refractivity (Wildman–Crippen MR) is 153 cm³/mol. The van der Waals surface area contributed by atoms with E-state index in [0.29, 0.717) is 12.1 Å². The van der Waals surface area contributed by atoms with Gasteiger partial charge in [0.2, 0.25) is 0 Å². The van der Waals surface area contributed by atoms with Gasteiger partial charge in [-0.1, -0.05) is 92.7 Å². The number of fused-ring (bicyclic) bond motifs is 1. The van der Waals surface area contributed by atoms with Gasteiger partial charge in [0.05, 0.1) is 16.0 Å². The number of carbonyl (C=O) groups is 1. The summed E-state index contributed by atoms with van der Waals surface area (Å²) < 4.78 is 29.8. The van der Waals surface area contributed by atoms with Crippen molar-refractivity contribution in [3.05, 3.63) is 120 Å².